The number of hydrogen-bond acceptors (Lipinski definition) is 7. The zero-order valence-corrected chi connectivity index (χ0v) is 18.8. The smallest absolute Gasteiger partial charge is 0.351 e. The molecule has 0 aliphatic heterocycles. The fraction of sp³-hybridized carbons (Fsp3) is 0.154. The molecule has 3 aromatic rings. The van der Waals surface area contributed by atoms with E-state index in [1.807, 2.05) is 0 Å². The molecule has 0 bridgehead atoms. The van der Waals surface area contributed by atoms with Crippen LogP contribution in [0.2, 0.25) is 0 Å². The average Bonchev–Trinajstić information content (AvgIpc) is 2.86. The summed E-state index contributed by atoms with van der Waals surface area (Å²) in [4.78, 5) is 25.8. The minimum absolute atomic E-state index is 0.165. The summed E-state index contributed by atoms with van der Waals surface area (Å²) in [6, 6.07) is 16.8. The maximum absolute atomic E-state index is 12.9. The van der Waals surface area contributed by atoms with Crippen LogP contribution in [-0.2, 0) is 0 Å². The van der Waals surface area contributed by atoms with Gasteiger partial charge >= 0.3 is 5.97 Å². The van der Waals surface area contributed by atoms with E-state index in [2.05, 4.69) is 0 Å². The van der Waals surface area contributed by atoms with Crippen molar-refractivity contribution in [2.75, 3.05) is 28.4 Å². The lowest BCUT2D eigenvalue weighted by Crippen LogP contribution is -2.12. The molecule has 170 valence electrons. The topological polar surface area (TPSA) is 80.3 Å². The van der Waals surface area contributed by atoms with Crippen molar-refractivity contribution in [1.82, 2.24) is 0 Å². The van der Waals surface area contributed by atoms with Gasteiger partial charge in [-0.25, -0.2) is 4.79 Å². The number of methoxy groups -OCH3 is 4. The van der Waals surface area contributed by atoms with Gasteiger partial charge in [0.15, 0.2) is 5.78 Å². The molecule has 0 amide bonds. The predicted octanol–water partition coefficient (Wildman–Crippen LogP) is 4.84. The van der Waals surface area contributed by atoms with Gasteiger partial charge in [-0.1, -0.05) is 24.3 Å². The number of allylic oxidation sites excluding steroid dienone is 1. The highest BCUT2D eigenvalue weighted by Gasteiger charge is 2.21. The van der Waals surface area contributed by atoms with E-state index in [4.69, 9.17) is 23.7 Å². The summed E-state index contributed by atoms with van der Waals surface area (Å²) in [5.74, 6) is 0.947. The molecule has 0 heterocycles. The fourth-order valence-electron chi connectivity index (χ4n) is 3.18. The van der Waals surface area contributed by atoms with Gasteiger partial charge in [-0.15, -0.1) is 0 Å². The molecule has 3 aromatic carbocycles. The Bertz CT molecular complexity index is 1160. The van der Waals surface area contributed by atoms with Gasteiger partial charge in [-0.3, -0.25) is 4.79 Å². The van der Waals surface area contributed by atoms with Crippen molar-refractivity contribution in [3.05, 3.63) is 83.4 Å². The molecule has 0 aromatic heterocycles. The molecular weight excluding hydrogens is 424 g/mol. The Balaban J connectivity index is 1.89. The van der Waals surface area contributed by atoms with Crippen molar-refractivity contribution >= 4 is 17.8 Å². The second kappa shape index (κ2) is 10.9. The van der Waals surface area contributed by atoms with Crippen molar-refractivity contribution in [1.29, 1.82) is 0 Å². The second-order valence-electron chi connectivity index (χ2n) is 6.73. The van der Waals surface area contributed by atoms with Crippen molar-refractivity contribution in [3.8, 4) is 28.7 Å². The third-order valence-electron chi connectivity index (χ3n) is 4.84. The molecule has 0 atom stereocenters. The molecule has 0 N–H and O–H groups in total. The van der Waals surface area contributed by atoms with E-state index in [0.717, 1.165) is 0 Å². The lowest BCUT2D eigenvalue weighted by molar-refractivity contribution is 0.0727. The largest absolute Gasteiger partial charge is 0.497 e. The monoisotopic (exact) mass is 448 g/mol. The lowest BCUT2D eigenvalue weighted by Gasteiger charge is -2.13. The third-order valence-corrected chi connectivity index (χ3v) is 4.84. The minimum Gasteiger partial charge on any atom is -0.497 e. The molecule has 3 rings (SSSR count). The third kappa shape index (κ3) is 5.33. The Morgan fingerprint density at radius 2 is 1.33 bits per heavy atom. The van der Waals surface area contributed by atoms with Crippen LogP contribution in [0.1, 0.15) is 26.3 Å². The van der Waals surface area contributed by atoms with Gasteiger partial charge < -0.3 is 23.7 Å². The van der Waals surface area contributed by atoms with E-state index in [1.54, 1.807) is 66.7 Å². The van der Waals surface area contributed by atoms with Crippen LogP contribution >= 0.6 is 0 Å². The number of ketones is 1. The fourth-order valence-corrected chi connectivity index (χ4v) is 3.18. The van der Waals surface area contributed by atoms with Crippen LogP contribution in [-0.4, -0.2) is 40.2 Å². The van der Waals surface area contributed by atoms with E-state index < -0.39 is 5.97 Å². The number of rotatable bonds is 9. The number of esters is 1. The first kappa shape index (κ1) is 23.4. The van der Waals surface area contributed by atoms with E-state index in [-0.39, 0.29) is 17.1 Å². The summed E-state index contributed by atoms with van der Waals surface area (Å²) < 4.78 is 26.7. The van der Waals surface area contributed by atoms with Crippen molar-refractivity contribution in [3.63, 3.8) is 0 Å². The number of para-hydroxylation sites is 1. The normalized spacial score (nSPS) is 10.5. The quantitative estimate of drug-likeness (QED) is 0.201. The van der Waals surface area contributed by atoms with Crippen LogP contribution in [0.3, 0.4) is 0 Å². The summed E-state index contributed by atoms with van der Waals surface area (Å²) in [5.41, 5.74) is 1.05. The molecule has 0 radical (unpaired) electrons. The Kier molecular flexibility index (Phi) is 7.70. The Hall–Kier alpha value is -4.26. The number of carbonyl (C=O) groups is 2. The molecular formula is C26H24O7. The molecule has 33 heavy (non-hydrogen) atoms. The highest BCUT2D eigenvalue weighted by molar-refractivity contribution is 6.09. The van der Waals surface area contributed by atoms with Crippen LogP contribution in [0.4, 0.5) is 0 Å². The van der Waals surface area contributed by atoms with Crippen LogP contribution < -0.4 is 23.7 Å². The van der Waals surface area contributed by atoms with Crippen LogP contribution in [0.5, 0.6) is 28.7 Å². The number of benzene rings is 3. The molecule has 0 spiro atoms. The minimum atomic E-state index is -0.647. The standard InChI is InChI=1S/C26H24O7/c1-29-18-13-15-22(30-2)19(16-18)20(27)14-12-17-8-5-6-9-21(17)33-26(28)25-23(31-3)10-7-11-24(25)32-4/h5-16H,1-4H3. The van der Waals surface area contributed by atoms with Crippen LogP contribution in [0, 0.1) is 0 Å². The van der Waals surface area contributed by atoms with Crippen molar-refractivity contribution < 1.29 is 33.3 Å². The SMILES string of the molecule is COc1ccc(OC)c(C(=O)C=Cc2ccccc2OC(=O)c2c(OC)cccc2OC)c1. The molecule has 0 unspecified atom stereocenters. The van der Waals surface area contributed by atoms with Gasteiger partial charge in [0, 0.05) is 5.56 Å². The Morgan fingerprint density at radius 1 is 0.697 bits per heavy atom. The zero-order chi connectivity index (χ0) is 23.8. The number of hydrogen-bond donors (Lipinski definition) is 0. The molecule has 7 nitrogen and oxygen atoms in total. The van der Waals surface area contributed by atoms with E-state index in [1.165, 1.54) is 34.5 Å². The molecule has 0 aliphatic rings. The summed E-state index contributed by atoms with van der Waals surface area (Å²) in [6.07, 6.45) is 2.96. The van der Waals surface area contributed by atoms with E-state index >= 15 is 0 Å². The van der Waals surface area contributed by atoms with Gasteiger partial charge in [0.25, 0.3) is 0 Å². The van der Waals surface area contributed by atoms with E-state index in [0.29, 0.717) is 34.1 Å². The number of carbonyl (C=O) groups excluding carboxylic acids is 2. The van der Waals surface area contributed by atoms with Crippen molar-refractivity contribution in [2.45, 2.75) is 0 Å². The van der Waals surface area contributed by atoms with Gasteiger partial charge in [0.1, 0.15) is 34.3 Å². The van der Waals surface area contributed by atoms with Crippen LogP contribution in [0.15, 0.2) is 66.7 Å². The highest BCUT2D eigenvalue weighted by atomic mass is 16.5. The maximum Gasteiger partial charge on any atom is 0.351 e. The molecule has 0 saturated heterocycles. The molecule has 0 fully saturated rings. The molecule has 0 saturated carbocycles. The highest BCUT2D eigenvalue weighted by Crippen LogP contribution is 2.31. The maximum atomic E-state index is 12.9. The summed E-state index contributed by atoms with van der Waals surface area (Å²) in [6.45, 7) is 0. The first-order chi connectivity index (χ1) is 16.0. The summed E-state index contributed by atoms with van der Waals surface area (Å²) in [7, 11) is 5.93. The Labute approximate surface area is 192 Å². The first-order valence-electron chi connectivity index (χ1n) is 9.99. The molecule has 7 heteroatoms. The average molecular weight is 448 g/mol. The van der Waals surface area contributed by atoms with Crippen molar-refractivity contribution in [2.24, 2.45) is 0 Å². The van der Waals surface area contributed by atoms with Gasteiger partial charge in [0.05, 0.1) is 34.0 Å². The second-order valence-corrected chi connectivity index (χ2v) is 6.73. The lowest BCUT2D eigenvalue weighted by atomic mass is 10.1. The van der Waals surface area contributed by atoms with E-state index in [9.17, 15) is 9.59 Å². The first-order valence-corrected chi connectivity index (χ1v) is 9.99. The number of ether oxygens (including phenoxy) is 5. The summed E-state index contributed by atoms with van der Waals surface area (Å²) >= 11 is 0. The van der Waals surface area contributed by atoms with Gasteiger partial charge in [-0.05, 0) is 48.6 Å². The zero-order valence-electron chi connectivity index (χ0n) is 18.8. The predicted molar refractivity (Wildman–Crippen MR) is 124 cm³/mol. The van der Waals surface area contributed by atoms with Gasteiger partial charge in [0.2, 0.25) is 0 Å². The van der Waals surface area contributed by atoms with Crippen LogP contribution in [0.25, 0.3) is 6.08 Å². The van der Waals surface area contributed by atoms with Gasteiger partial charge in [-0.2, -0.15) is 0 Å². The Morgan fingerprint density at radius 3 is 1.97 bits per heavy atom. The summed E-state index contributed by atoms with van der Waals surface area (Å²) in [5, 5.41) is 0. The molecule has 0 aliphatic carbocycles.